The second-order valence-corrected chi connectivity index (χ2v) is 5.81. The summed E-state index contributed by atoms with van der Waals surface area (Å²) in [6.45, 7) is 1.50. The summed E-state index contributed by atoms with van der Waals surface area (Å²) in [5.41, 5.74) is 0. The lowest BCUT2D eigenvalue weighted by molar-refractivity contribution is -0.143. The highest BCUT2D eigenvalue weighted by Gasteiger charge is 2.23. The topological polar surface area (TPSA) is 76.6 Å². The van der Waals surface area contributed by atoms with Gasteiger partial charge in [0.25, 0.3) is 0 Å². The van der Waals surface area contributed by atoms with Crippen molar-refractivity contribution in [3.63, 3.8) is 0 Å². The van der Waals surface area contributed by atoms with E-state index in [2.05, 4.69) is 9.72 Å². The molecule has 8 heteroatoms. The van der Waals surface area contributed by atoms with Gasteiger partial charge in [0.15, 0.2) is 0 Å². The van der Waals surface area contributed by atoms with Gasteiger partial charge in [0.2, 0.25) is 10.0 Å². The molecule has 0 N–H and O–H groups in total. The van der Waals surface area contributed by atoms with Gasteiger partial charge < -0.3 is 4.74 Å². The van der Waals surface area contributed by atoms with E-state index in [1.54, 1.807) is 6.92 Å². The number of carbonyl (C=O) groups excluding carboxylic acids is 1. The van der Waals surface area contributed by atoms with Gasteiger partial charge in [0.05, 0.1) is 6.61 Å². The number of halogens is 1. The number of sulfonamides is 1. The predicted octanol–water partition coefficient (Wildman–Crippen LogP) is 0.919. The summed E-state index contributed by atoms with van der Waals surface area (Å²) in [4.78, 5) is 14.9. The average molecular weight is 293 g/mol. The van der Waals surface area contributed by atoms with E-state index in [0.717, 1.165) is 10.5 Å². The molecule has 0 atom stereocenters. The van der Waals surface area contributed by atoms with E-state index in [0.29, 0.717) is 0 Å². The summed E-state index contributed by atoms with van der Waals surface area (Å²) in [5.74, 6) is -0.606. The minimum atomic E-state index is -3.76. The average Bonchev–Trinajstić information content (AvgIpc) is 2.29. The molecule has 1 rings (SSSR count). The molecule has 0 aliphatic carbocycles. The largest absolute Gasteiger partial charge is 0.465 e. The summed E-state index contributed by atoms with van der Waals surface area (Å²) < 4.78 is 29.6. The van der Waals surface area contributed by atoms with Crippen LogP contribution in [0.15, 0.2) is 23.2 Å². The molecule has 100 valence electrons. The van der Waals surface area contributed by atoms with Crippen LogP contribution in [0.1, 0.15) is 6.92 Å². The van der Waals surface area contributed by atoms with Crippen molar-refractivity contribution in [2.45, 2.75) is 11.8 Å². The number of ether oxygens (including phenoxy) is 1. The van der Waals surface area contributed by atoms with Crippen LogP contribution in [0.25, 0.3) is 0 Å². The van der Waals surface area contributed by atoms with E-state index in [9.17, 15) is 13.2 Å². The molecular weight excluding hydrogens is 280 g/mol. The number of hydrogen-bond acceptors (Lipinski definition) is 5. The molecule has 1 heterocycles. The molecule has 0 saturated heterocycles. The number of carbonyl (C=O) groups is 1. The van der Waals surface area contributed by atoms with Crippen molar-refractivity contribution in [3.8, 4) is 0 Å². The Balaban J connectivity index is 2.86. The highest BCUT2D eigenvalue weighted by Crippen LogP contribution is 2.14. The van der Waals surface area contributed by atoms with E-state index in [1.165, 1.54) is 19.2 Å². The number of likely N-dealkylation sites (N-methyl/N-ethyl adjacent to an activating group) is 1. The van der Waals surface area contributed by atoms with Crippen LogP contribution in [0.5, 0.6) is 0 Å². The lowest BCUT2D eigenvalue weighted by atomic mass is 10.5. The second kappa shape index (κ2) is 6.12. The predicted molar refractivity (Wildman–Crippen MR) is 65.7 cm³/mol. The van der Waals surface area contributed by atoms with Crippen LogP contribution in [-0.4, -0.2) is 43.9 Å². The molecule has 0 bridgehead atoms. The lowest BCUT2D eigenvalue weighted by Crippen LogP contribution is -2.33. The molecule has 0 aliphatic heterocycles. The molecule has 0 unspecified atom stereocenters. The molecule has 0 radical (unpaired) electrons. The quantitative estimate of drug-likeness (QED) is 0.596. The summed E-state index contributed by atoms with van der Waals surface area (Å²) in [5, 5.41) is 0.196. The van der Waals surface area contributed by atoms with Gasteiger partial charge in [-0.3, -0.25) is 4.79 Å². The highest BCUT2D eigenvalue weighted by atomic mass is 35.5. The smallest absolute Gasteiger partial charge is 0.321 e. The van der Waals surface area contributed by atoms with Crippen LogP contribution >= 0.6 is 11.6 Å². The zero-order chi connectivity index (χ0) is 13.8. The molecule has 18 heavy (non-hydrogen) atoms. The van der Waals surface area contributed by atoms with Crippen molar-refractivity contribution < 1.29 is 17.9 Å². The minimum Gasteiger partial charge on any atom is -0.465 e. The van der Waals surface area contributed by atoms with Gasteiger partial charge in [-0.1, -0.05) is 11.6 Å². The molecule has 0 fully saturated rings. The first-order chi connectivity index (χ1) is 8.37. The minimum absolute atomic E-state index is 0.0290. The fourth-order valence-corrected chi connectivity index (χ4v) is 2.34. The standard InChI is InChI=1S/C10H13ClN2O4S/c1-3-17-10(14)7-13(2)18(15,16)8-4-5-9(11)12-6-8/h4-6H,3,7H2,1-2H3. The third-order valence-corrected chi connectivity index (χ3v) is 4.08. The number of pyridine rings is 1. The number of esters is 1. The summed E-state index contributed by atoms with van der Waals surface area (Å²) in [6, 6.07) is 2.69. The Morgan fingerprint density at radius 1 is 1.50 bits per heavy atom. The summed E-state index contributed by atoms with van der Waals surface area (Å²) in [7, 11) is -2.47. The van der Waals surface area contributed by atoms with Crippen LogP contribution in [0.2, 0.25) is 5.15 Å². The fraction of sp³-hybridized carbons (Fsp3) is 0.400. The zero-order valence-electron chi connectivity index (χ0n) is 9.96. The second-order valence-electron chi connectivity index (χ2n) is 3.38. The Labute approximate surface area is 111 Å². The molecule has 0 aliphatic rings. The van der Waals surface area contributed by atoms with Gasteiger partial charge in [-0.15, -0.1) is 0 Å². The van der Waals surface area contributed by atoms with Crippen molar-refractivity contribution >= 4 is 27.6 Å². The zero-order valence-corrected chi connectivity index (χ0v) is 11.5. The van der Waals surface area contributed by atoms with Gasteiger partial charge in [-0.25, -0.2) is 13.4 Å². The van der Waals surface area contributed by atoms with Crippen LogP contribution in [0, 0.1) is 0 Å². The van der Waals surface area contributed by atoms with E-state index in [-0.39, 0.29) is 23.2 Å². The van der Waals surface area contributed by atoms with Crippen molar-refractivity contribution in [2.24, 2.45) is 0 Å². The molecule has 0 amide bonds. The maximum absolute atomic E-state index is 12.0. The molecule has 0 aromatic carbocycles. The Kier molecular flexibility index (Phi) is 5.06. The van der Waals surface area contributed by atoms with E-state index in [1.807, 2.05) is 0 Å². The maximum Gasteiger partial charge on any atom is 0.321 e. The van der Waals surface area contributed by atoms with Crippen molar-refractivity contribution in [2.75, 3.05) is 20.2 Å². The number of aromatic nitrogens is 1. The van der Waals surface area contributed by atoms with Gasteiger partial charge >= 0.3 is 5.97 Å². The van der Waals surface area contributed by atoms with Gasteiger partial charge in [0, 0.05) is 13.2 Å². The molecule has 0 saturated carbocycles. The van der Waals surface area contributed by atoms with Crippen LogP contribution in [0.4, 0.5) is 0 Å². The van der Waals surface area contributed by atoms with Gasteiger partial charge in [-0.05, 0) is 19.1 Å². The molecule has 1 aromatic heterocycles. The van der Waals surface area contributed by atoms with E-state index in [4.69, 9.17) is 11.6 Å². The first kappa shape index (κ1) is 14.9. The summed E-state index contributed by atoms with van der Waals surface area (Å²) >= 11 is 5.57. The third kappa shape index (κ3) is 3.66. The van der Waals surface area contributed by atoms with Crippen LogP contribution in [-0.2, 0) is 19.6 Å². The van der Waals surface area contributed by atoms with Gasteiger partial charge in [0.1, 0.15) is 16.6 Å². The fourth-order valence-electron chi connectivity index (χ4n) is 1.17. The Morgan fingerprint density at radius 2 is 2.17 bits per heavy atom. The number of rotatable bonds is 5. The lowest BCUT2D eigenvalue weighted by Gasteiger charge is -2.15. The first-order valence-corrected chi connectivity index (χ1v) is 6.93. The molecule has 6 nitrogen and oxygen atoms in total. The number of hydrogen-bond donors (Lipinski definition) is 0. The van der Waals surface area contributed by atoms with Crippen molar-refractivity contribution in [1.29, 1.82) is 0 Å². The van der Waals surface area contributed by atoms with Crippen molar-refractivity contribution in [3.05, 3.63) is 23.5 Å². The maximum atomic E-state index is 12.0. The monoisotopic (exact) mass is 292 g/mol. The summed E-state index contributed by atoms with van der Waals surface area (Å²) in [6.07, 6.45) is 1.14. The molecule has 0 spiro atoms. The van der Waals surface area contributed by atoms with E-state index >= 15 is 0 Å². The highest BCUT2D eigenvalue weighted by molar-refractivity contribution is 7.89. The van der Waals surface area contributed by atoms with Crippen molar-refractivity contribution in [1.82, 2.24) is 9.29 Å². The molecule has 1 aromatic rings. The van der Waals surface area contributed by atoms with E-state index < -0.39 is 16.0 Å². The first-order valence-electron chi connectivity index (χ1n) is 5.11. The normalized spacial score (nSPS) is 11.6. The van der Waals surface area contributed by atoms with Gasteiger partial charge in [-0.2, -0.15) is 4.31 Å². The Morgan fingerprint density at radius 3 is 2.67 bits per heavy atom. The Bertz CT molecular complexity index is 515. The molecular formula is C10H13ClN2O4S. The van der Waals surface area contributed by atoms with Crippen LogP contribution < -0.4 is 0 Å². The third-order valence-electron chi connectivity index (χ3n) is 2.07. The number of nitrogens with zero attached hydrogens (tertiary/aromatic N) is 2. The van der Waals surface area contributed by atoms with Crippen LogP contribution in [0.3, 0.4) is 0 Å². The Hall–Kier alpha value is -1.18. The SMILES string of the molecule is CCOC(=O)CN(C)S(=O)(=O)c1ccc(Cl)nc1.